The zero-order valence-corrected chi connectivity index (χ0v) is 9.54. The van der Waals surface area contributed by atoms with Crippen molar-refractivity contribution in [1.82, 2.24) is 9.97 Å². The molecule has 0 amide bonds. The Labute approximate surface area is 95.6 Å². The molecule has 1 saturated heterocycles. The van der Waals surface area contributed by atoms with E-state index in [4.69, 9.17) is 10.5 Å². The van der Waals surface area contributed by atoms with Gasteiger partial charge in [-0.05, 0) is 25.7 Å². The van der Waals surface area contributed by atoms with E-state index < -0.39 is 0 Å². The minimum atomic E-state index is 0.309. The van der Waals surface area contributed by atoms with Gasteiger partial charge < -0.3 is 15.5 Å². The van der Waals surface area contributed by atoms with E-state index in [9.17, 15) is 0 Å². The van der Waals surface area contributed by atoms with Gasteiger partial charge in [0.15, 0.2) is 0 Å². The standard InChI is InChI=1S/C12H19N3O/c13-8-3-4-10-11(6-8)15-12(14-10)7-9-2-1-5-16-9/h8-9H,1-7,13H2,(H,14,15). The van der Waals surface area contributed by atoms with Crippen LogP contribution in [-0.4, -0.2) is 28.7 Å². The summed E-state index contributed by atoms with van der Waals surface area (Å²) in [4.78, 5) is 8.08. The largest absolute Gasteiger partial charge is 0.378 e. The minimum absolute atomic E-state index is 0.309. The van der Waals surface area contributed by atoms with Crippen LogP contribution in [0.4, 0.5) is 0 Å². The molecule has 1 aromatic rings. The van der Waals surface area contributed by atoms with Gasteiger partial charge in [0, 0.05) is 31.2 Å². The lowest BCUT2D eigenvalue weighted by Gasteiger charge is -2.16. The average molecular weight is 221 g/mol. The van der Waals surface area contributed by atoms with Crippen LogP contribution in [0.1, 0.15) is 36.5 Å². The first kappa shape index (κ1) is 10.3. The maximum absolute atomic E-state index is 5.95. The summed E-state index contributed by atoms with van der Waals surface area (Å²) in [5.41, 5.74) is 8.44. The zero-order chi connectivity index (χ0) is 11.0. The number of aromatic nitrogens is 2. The molecule has 0 radical (unpaired) electrons. The van der Waals surface area contributed by atoms with Crippen LogP contribution in [0.25, 0.3) is 0 Å². The number of imidazole rings is 1. The van der Waals surface area contributed by atoms with Crippen LogP contribution in [0.2, 0.25) is 0 Å². The molecule has 1 aliphatic heterocycles. The molecule has 0 saturated carbocycles. The summed E-state index contributed by atoms with van der Waals surface area (Å²) in [6, 6.07) is 0.309. The Kier molecular flexibility index (Phi) is 2.69. The van der Waals surface area contributed by atoms with Gasteiger partial charge in [-0.25, -0.2) is 4.98 Å². The van der Waals surface area contributed by atoms with Crippen LogP contribution in [0.5, 0.6) is 0 Å². The predicted molar refractivity (Wildman–Crippen MR) is 61.3 cm³/mol. The summed E-state index contributed by atoms with van der Waals surface area (Å²) < 4.78 is 5.63. The number of hydrogen-bond donors (Lipinski definition) is 2. The molecular weight excluding hydrogens is 202 g/mol. The predicted octanol–water partition coefficient (Wildman–Crippen LogP) is 0.947. The SMILES string of the molecule is NC1CCc2nc(CC3CCCO3)[nH]c2C1. The Morgan fingerprint density at radius 3 is 3.19 bits per heavy atom. The second-order valence-corrected chi connectivity index (χ2v) is 4.95. The molecule has 1 aromatic heterocycles. The molecule has 3 rings (SSSR count). The highest BCUT2D eigenvalue weighted by atomic mass is 16.5. The van der Waals surface area contributed by atoms with E-state index in [0.29, 0.717) is 12.1 Å². The number of rotatable bonds is 2. The Morgan fingerprint density at radius 1 is 1.44 bits per heavy atom. The number of aromatic amines is 1. The highest BCUT2D eigenvalue weighted by molar-refractivity contribution is 5.19. The molecular formula is C12H19N3O. The van der Waals surface area contributed by atoms with Gasteiger partial charge in [0.1, 0.15) is 5.82 Å². The Balaban J connectivity index is 1.71. The van der Waals surface area contributed by atoms with E-state index in [2.05, 4.69) is 9.97 Å². The molecule has 0 aromatic carbocycles. The fraction of sp³-hybridized carbons (Fsp3) is 0.750. The third-order valence-corrected chi connectivity index (χ3v) is 3.58. The number of fused-ring (bicyclic) bond motifs is 1. The third kappa shape index (κ3) is 1.99. The monoisotopic (exact) mass is 221 g/mol. The fourth-order valence-corrected chi connectivity index (χ4v) is 2.68. The van der Waals surface area contributed by atoms with Crippen molar-refractivity contribution >= 4 is 0 Å². The van der Waals surface area contributed by atoms with Crippen molar-refractivity contribution in [2.45, 2.75) is 50.7 Å². The van der Waals surface area contributed by atoms with Gasteiger partial charge >= 0.3 is 0 Å². The topological polar surface area (TPSA) is 63.9 Å². The third-order valence-electron chi connectivity index (χ3n) is 3.58. The van der Waals surface area contributed by atoms with Crippen LogP contribution < -0.4 is 5.73 Å². The Bertz CT molecular complexity index is 368. The van der Waals surface area contributed by atoms with Crippen molar-refractivity contribution in [2.24, 2.45) is 5.73 Å². The van der Waals surface area contributed by atoms with Gasteiger partial charge in [0.2, 0.25) is 0 Å². The maximum atomic E-state index is 5.95. The van der Waals surface area contributed by atoms with Crippen LogP contribution in [-0.2, 0) is 24.0 Å². The molecule has 2 unspecified atom stereocenters. The second kappa shape index (κ2) is 4.18. The van der Waals surface area contributed by atoms with E-state index in [1.54, 1.807) is 0 Å². The first-order valence-corrected chi connectivity index (χ1v) is 6.25. The highest BCUT2D eigenvalue weighted by Gasteiger charge is 2.22. The summed E-state index contributed by atoms with van der Waals surface area (Å²) in [6.45, 7) is 0.913. The van der Waals surface area contributed by atoms with Crippen molar-refractivity contribution < 1.29 is 4.74 Å². The summed E-state index contributed by atoms with van der Waals surface area (Å²) in [7, 11) is 0. The van der Waals surface area contributed by atoms with Gasteiger partial charge in [0.25, 0.3) is 0 Å². The summed E-state index contributed by atoms with van der Waals surface area (Å²) >= 11 is 0. The van der Waals surface area contributed by atoms with E-state index in [0.717, 1.165) is 38.1 Å². The maximum Gasteiger partial charge on any atom is 0.109 e. The average Bonchev–Trinajstić information content (AvgIpc) is 2.86. The number of nitrogens with one attached hydrogen (secondary N) is 1. The molecule has 2 atom stereocenters. The van der Waals surface area contributed by atoms with Crippen molar-refractivity contribution in [1.29, 1.82) is 0 Å². The van der Waals surface area contributed by atoms with E-state index in [1.807, 2.05) is 0 Å². The van der Waals surface area contributed by atoms with E-state index in [-0.39, 0.29) is 0 Å². The van der Waals surface area contributed by atoms with Gasteiger partial charge in [-0.3, -0.25) is 0 Å². The lowest BCUT2D eigenvalue weighted by molar-refractivity contribution is 0.110. The Hall–Kier alpha value is -0.870. The molecule has 88 valence electrons. The summed E-state index contributed by atoms with van der Waals surface area (Å²) in [5.74, 6) is 1.09. The highest BCUT2D eigenvalue weighted by Crippen LogP contribution is 2.21. The normalized spacial score (nSPS) is 29.3. The van der Waals surface area contributed by atoms with Crippen LogP contribution >= 0.6 is 0 Å². The smallest absolute Gasteiger partial charge is 0.109 e. The van der Waals surface area contributed by atoms with Gasteiger partial charge in [-0.15, -0.1) is 0 Å². The molecule has 2 heterocycles. The van der Waals surface area contributed by atoms with Crippen LogP contribution in [0.15, 0.2) is 0 Å². The quantitative estimate of drug-likeness (QED) is 0.781. The first-order valence-electron chi connectivity index (χ1n) is 6.25. The summed E-state index contributed by atoms with van der Waals surface area (Å²) in [6.07, 6.45) is 6.72. The van der Waals surface area contributed by atoms with E-state index >= 15 is 0 Å². The van der Waals surface area contributed by atoms with Crippen molar-refractivity contribution in [3.05, 3.63) is 17.2 Å². The van der Waals surface area contributed by atoms with Crippen molar-refractivity contribution in [3.8, 4) is 0 Å². The molecule has 0 bridgehead atoms. The van der Waals surface area contributed by atoms with Crippen LogP contribution in [0.3, 0.4) is 0 Å². The number of aryl methyl sites for hydroxylation is 1. The number of H-pyrrole nitrogens is 1. The van der Waals surface area contributed by atoms with Gasteiger partial charge in [-0.1, -0.05) is 0 Å². The van der Waals surface area contributed by atoms with Crippen molar-refractivity contribution in [2.75, 3.05) is 6.61 Å². The van der Waals surface area contributed by atoms with Gasteiger partial charge in [-0.2, -0.15) is 0 Å². The number of nitrogens with two attached hydrogens (primary N) is 1. The molecule has 4 heteroatoms. The number of nitrogens with zero attached hydrogens (tertiary/aromatic N) is 1. The molecule has 1 fully saturated rings. The molecule has 3 N–H and O–H groups in total. The first-order chi connectivity index (χ1) is 7.81. The minimum Gasteiger partial charge on any atom is -0.378 e. The fourth-order valence-electron chi connectivity index (χ4n) is 2.68. The number of hydrogen-bond acceptors (Lipinski definition) is 3. The molecule has 4 nitrogen and oxygen atoms in total. The molecule has 1 aliphatic carbocycles. The van der Waals surface area contributed by atoms with Crippen molar-refractivity contribution in [3.63, 3.8) is 0 Å². The van der Waals surface area contributed by atoms with Crippen LogP contribution in [0, 0.1) is 0 Å². The second-order valence-electron chi connectivity index (χ2n) is 4.95. The zero-order valence-electron chi connectivity index (χ0n) is 9.54. The molecule has 2 aliphatic rings. The lowest BCUT2D eigenvalue weighted by atomic mass is 9.97. The lowest BCUT2D eigenvalue weighted by Crippen LogP contribution is -2.27. The van der Waals surface area contributed by atoms with E-state index in [1.165, 1.54) is 24.2 Å². The molecule has 0 spiro atoms. The summed E-state index contributed by atoms with van der Waals surface area (Å²) in [5, 5.41) is 0. The molecule has 16 heavy (non-hydrogen) atoms. The van der Waals surface area contributed by atoms with Gasteiger partial charge in [0.05, 0.1) is 11.8 Å². The number of ether oxygens (including phenoxy) is 1. The Morgan fingerprint density at radius 2 is 2.38 bits per heavy atom.